The molecular weight excluding hydrogens is 356 g/mol. The van der Waals surface area contributed by atoms with E-state index in [1.807, 2.05) is 0 Å². The molecule has 0 bridgehead atoms. The Balaban J connectivity index is 1.36. The fourth-order valence-electron chi connectivity index (χ4n) is 3.56. The molecule has 9 heteroatoms. The average molecular weight is 375 g/mol. The minimum atomic E-state index is -2.67. The predicted molar refractivity (Wildman–Crippen MR) is 91.5 cm³/mol. The van der Waals surface area contributed by atoms with E-state index in [0.29, 0.717) is 24.3 Å². The molecule has 2 amide bonds. The van der Waals surface area contributed by atoms with Crippen molar-refractivity contribution in [2.75, 3.05) is 13.1 Å². The van der Waals surface area contributed by atoms with Crippen molar-refractivity contribution in [1.82, 2.24) is 25.0 Å². The average Bonchev–Trinajstić information content (AvgIpc) is 3.10. The van der Waals surface area contributed by atoms with Crippen LogP contribution < -0.4 is 5.32 Å². The Morgan fingerprint density at radius 2 is 2.11 bits per heavy atom. The fourth-order valence-corrected chi connectivity index (χ4v) is 3.56. The summed E-state index contributed by atoms with van der Waals surface area (Å²) >= 11 is 0. The molecule has 3 heterocycles. The third-order valence-electron chi connectivity index (χ3n) is 5.34. The minimum Gasteiger partial charge on any atom is -0.340 e. The molecule has 0 radical (unpaired) electrons. The van der Waals surface area contributed by atoms with E-state index in [1.165, 1.54) is 11.1 Å². The molecule has 1 saturated heterocycles. The SMILES string of the molecule is C[C@@H](NC(=O)c1ccc(-n2cccn2)nc1)C(=O)N1CCC2(C1)CC2(F)F. The van der Waals surface area contributed by atoms with Crippen molar-refractivity contribution in [3.05, 3.63) is 42.4 Å². The van der Waals surface area contributed by atoms with Crippen LogP contribution >= 0.6 is 0 Å². The zero-order valence-electron chi connectivity index (χ0n) is 14.7. The van der Waals surface area contributed by atoms with Crippen LogP contribution in [0.4, 0.5) is 8.78 Å². The highest BCUT2D eigenvalue weighted by Gasteiger charge is 2.73. The summed E-state index contributed by atoms with van der Waals surface area (Å²) < 4.78 is 28.5. The summed E-state index contributed by atoms with van der Waals surface area (Å²) in [4.78, 5) is 30.4. The third-order valence-corrected chi connectivity index (χ3v) is 5.34. The maximum atomic E-state index is 13.5. The Hall–Kier alpha value is -2.84. The number of nitrogens with zero attached hydrogens (tertiary/aromatic N) is 4. The van der Waals surface area contributed by atoms with E-state index in [0.717, 1.165) is 0 Å². The molecule has 1 aliphatic heterocycles. The van der Waals surface area contributed by atoms with Gasteiger partial charge < -0.3 is 10.2 Å². The van der Waals surface area contributed by atoms with Crippen LogP contribution in [0.1, 0.15) is 30.1 Å². The molecule has 2 aliphatic rings. The Kier molecular flexibility index (Phi) is 3.97. The van der Waals surface area contributed by atoms with Gasteiger partial charge in [-0.2, -0.15) is 5.10 Å². The number of aromatic nitrogens is 3. The van der Waals surface area contributed by atoms with Crippen LogP contribution in [0.3, 0.4) is 0 Å². The Bertz CT molecular complexity index is 868. The summed E-state index contributed by atoms with van der Waals surface area (Å²) in [5.41, 5.74) is -0.740. The second-order valence-electron chi connectivity index (χ2n) is 7.22. The number of likely N-dealkylation sites (tertiary alicyclic amines) is 1. The topological polar surface area (TPSA) is 80.1 Å². The van der Waals surface area contributed by atoms with Crippen molar-refractivity contribution in [2.45, 2.75) is 31.7 Å². The van der Waals surface area contributed by atoms with Gasteiger partial charge in [0.15, 0.2) is 5.82 Å². The van der Waals surface area contributed by atoms with Crippen LogP contribution in [0.25, 0.3) is 5.82 Å². The number of pyridine rings is 1. The Labute approximate surface area is 154 Å². The lowest BCUT2D eigenvalue weighted by Crippen LogP contribution is -2.46. The van der Waals surface area contributed by atoms with Gasteiger partial charge in [-0.3, -0.25) is 9.59 Å². The summed E-state index contributed by atoms with van der Waals surface area (Å²) in [5.74, 6) is -2.89. The fraction of sp³-hybridized carbons (Fsp3) is 0.444. The van der Waals surface area contributed by atoms with Gasteiger partial charge in [0.25, 0.3) is 11.8 Å². The molecule has 4 rings (SSSR count). The number of alkyl halides is 2. The molecule has 1 aliphatic carbocycles. The van der Waals surface area contributed by atoms with Crippen molar-refractivity contribution in [3.8, 4) is 5.82 Å². The number of rotatable bonds is 4. The molecule has 142 valence electrons. The number of halogens is 2. The van der Waals surface area contributed by atoms with Gasteiger partial charge in [-0.15, -0.1) is 0 Å². The van der Waals surface area contributed by atoms with Crippen molar-refractivity contribution >= 4 is 11.8 Å². The molecule has 7 nitrogen and oxygen atoms in total. The van der Waals surface area contributed by atoms with E-state index in [1.54, 1.807) is 42.2 Å². The molecule has 1 spiro atoms. The van der Waals surface area contributed by atoms with Gasteiger partial charge in [-0.05, 0) is 31.5 Å². The standard InChI is InChI=1S/C18H19F2N5O2/c1-12(16(27)24-8-5-17(11-24)10-18(17,19)20)23-15(26)13-3-4-14(21-9-13)25-7-2-6-22-25/h2-4,6-7,9,12H,5,8,10-11H2,1H3,(H,23,26)/t12-,17?/m1/s1. The maximum absolute atomic E-state index is 13.5. The molecule has 2 fully saturated rings. The van der Waals surface area contributed by atoms with Crippen LogP contribution in [0.15, 0.2) is 36.8 Å². The predicted octanol–water partition coefficient (Wildman–Crippen LogP) is 1.64. The van der Waals surface area contributed by atoms with Crippen LogP contribution in [0.2, 0.25) is 0 Å². The van der Waals surface area contributed by atoms with Gasteiger partial charge in [0.2, 0.25) is 5.91 Å². The van der Waals surface area contributed by atoms with Gasteiger partial charge >= 0.3 is 0 Å². The lowest BCUT2D eigenvalue weighted by molar-refractivity contribution is -0.132. The molecule has 1 unspecified atom stereocenters. The number of hydrogen-bond donors (Lipinski definition) is 1. The van der Waals surface area contributed by atoms with E-state index < -0.39 is 23.3 Å². The monoisotopic (exact) mass is 375 g/mol. The molecule has 27 heavy (non-hydrogen) atoms. The van der Waals surface area contributed by atoms with E-state index in [2.05, 4.69) is 15.4 Å². The number of carbonyl (C=O) groups excluding carboxylic acids is 2. The highest BCUT2D eigenvalue weighted by atomic mass is 19.3. The van der Waals surface area contributed by atoms with Gasteiger partial charge in [-0.1, -0.05) is 0 Å². The van der Waals surface area contributed by atoms with Crippen molar-refractivity contribution < 1.29 is 18.4 Å². The second kappa shape index (κ2) is 6.11. The summed E-state index contributed by atoms with van der Waals surface area (Å²) in [5, 5.41) is 6.67. The number of hydrogen-bond acceptors (Lipinski definition) is 4. The third kappa shape index (κ3) is 3.07. The number of carbonyl (C=O) groups is 2. The summed E-state index contributed by atoms with van der Waals surface area (Å²) in [6.07, 6.45) is 4.91. The molecule has 1 N–H and O–H groups in total. The largest absolute Gasteiger partial charge is 0.340 e. The first-order chi connectivity index (χ1) is 12.8. The van der Waals surface area contributed by atoms with Gasteiger partial charge in [-0.25, -0.2) is 18.4 Å². The van der Waals surface area contributed by atoms with Gasteiger partial charge in [0.05, 0.1) is 11.0 Å². The molecule has 2 aromatic rings. The first kappa shape index (κ1) is 17.6. The molecular formula is C18H19F2N5O2. The number of amides is 2. The van der Waals surface area contributed by atoms with E-state index >= 15 is 0 Å². The van der Waals surface area contributed by atoms with Crippen LogP contribution in [0.5, 0.6) is 0 Å². The smallest absolute Gasteiger partial charge is 0.256 e. The summed E-state index contributed by atoms with van der Waals surface area (Å²) in [6.45, 7) is 1.91. The maximum Gasteiger partial charge on any atom is 0.256 e. The molecule has 2 aromatic heterocycles. The van der Waals surface area contributed by atoms with E-state index in [9.17, 15) is 18.4 Å². The summed E-state index contributed by atoms with van der Waals surface area (Å²) in [6, 6.07) is 4.20. The Morgan fingerprint density at radius 3 is 2.67 bits per heavy atom. The van der Waals surface area contributed by atoms with Crippen LogP contribution in [-0.2, 0) is 4.79 Å². The number of nitrogens with one attached hydrogen (secondary N) is 1. The molecule has 2 atom stereocenters. The quantitative estimate of drug-likeness (QED) is 0.881. The first-order valence-electron chi connectivity index (χ1n) is 8.75. The van der Waals surface area contributed by atoms with E-state index in [-0.39, 0.29) is 18.9 Å². The minimum absolute atomic E-state index is 0.0547. The van der Waals surface area contributed by atoms with Crippen molar-refractivity contribution in [1.29, 1.82) is 0 Å². The first-order valence-corrected chi connectivity index (χ1v) is 8.75. The van der Waals surface area contributed by atoms with Crippen molar-refractivity contribution in [2.24, 2.45) is 5.41 Å². The van der Waals surface area contributed by atoms with Gasteiger partial charge in [0, 0.05) is 38.1 Å². The lowest BCUT2D eigenvalue weighted by Gasteiger charge is -2.22. The summed E-state index contributed by atoms with van der Waals surface area (Å²) in [7, 11) is 0. The van der Waals surface area contributed by atoms with E-state index in [4.69, 9.17) is 0 Å². The molecule has 0 aromatic carbocycles. The van der Waals surface area contributed by atoms with Crippen LogP contribution in [0, 0.1) is 5.41 Å². The highest BCUT2D eigenvalue weighted by molar-refractivity contribution is 5.97. The zero-order chi connectivity index (χ0) is 19.2. The Morgan fingerprint density at radius 1 is 1.33 bits per heavy atom. The van der Waals surface area contributed by atoms with Crippen LogP contribution in [-0.4, -0.2) is 56.5 Å². The van der Waals surface area contributed by atoms with Gasteiger partial charge in [0.1, 0.15) is 6.04 Å². The molecule has 1 saturated carbocycles. The normalized spacial score (nSPS) is 24.0. The highest BCUT2D eigenvalue weighted by Crippen LogP contribution is 2.65. The van der Waals surface area contributed by atoms with Crippen molar-refractivity contribution in [3.63, 3.8) is 0 Å². The second-order valence-corrected chi connectivity index (χ2v) is 7.22. The zero-order valence-corrected chi connectivity index (χ0v) is 14.7. The lowest BCUT2D eigenvalue weighted by atomic mass is 10.1.